The van der Waals surface area contributed by atoms with Crippen molar-refractivity contribution in [2.75, 3.05) is 20.3 Å². The lowest BCUT2D eigenvalue weighted by Gasteiger charge is -2.13. The van der Waals surface area contributed by atoms with Gasteiger partial charge >= 0.3 is 5.69 Å². The van der Waals surface area contributed by atoms with Crippen LogP contribution in [0.2, 0.25) is 5.02 Å². The summed E-state index contributed by atoms with van der Waals surface area (Å²) in [7, 11) is 1.53. The van der Waals surface area contributed by atoms with Crippen molar-refractivity contribution in [3.8, 4) is 5.69 Å². The first-order valence-corrected chi connectivity index (χ1v) is 9.81. The normalized spacial score (nSPS) is 10.8. The van der Waals surface area contributed by atoms with E-state index in [4.69, 9.17) is 16.3 Å². The van der Waals surface area contributed by atoms with Gasteiger partial charge in [-0.1, -0.05) is 35.9 Å². The van der Waals surface area contributed by atoms with Gasteiger partial charge in [0.05, 0.1) is 6.54 Å². The molecule has 0 radical (unpaired) electrons. The van der Waals surface area contributed by atoms with Gasteiger partial charge in [-0.15, -0.1) is 0 Å². The quantitative estimate of drug-likeness (QED) is 0.534. The molecule has 0 atom stereocenters. The predicted molar refractivity (Wildman–Crippen MR) is 113 cm³/mol. The molecule has 2 aromatic carbocycles. The second kappa shape index (κ2) is 10.1. The molecule has 0 spiro atoms. The fourth-order valence-electron chi connectivity index (χ4n) is 2.90. The van der Waals surface area contributed by atoms with E-state index in [9.17, 15) is 18.8 Å². The number of aromatic nitrogens is 3. The van der Waals surface area contributed by atoms with Crippen molar-refractivity contribution in [1.29, 1.82) is 0 Å². The van der Waals surface area contributed by atoms with Crippen LogP contribution in [-0.4, -0.2) is 40.5 Å². The zero-order valence-corrected chi connectivity index (χ0v) is 17.4. The van der Waals surface area contributed by atoms with Crippen LogP contribution in [0.15, 0.2) is 58.1 Å². The lowest BCUT2D eigenvalue weighted by molar-refractivity contribution is 0.0938. The number of halogens is 2. The number of carbonyl (C=O) groups excluding carboxylic acids is 1. The Morgan fingerprint density at radius 3 is 2.68 bits per heavy atom. The zero-order valence-electron chi connectivity index (χ0n) is 16.7. The molecule has 0 aliphatic heterocycles. The van der Waals surface area contributed by atoms with Crippen LogP contribution in [0.4, 0.5) is 4.39 Å². The van der Waals surface area contributed by atoms with E-state index in [1.54, 1.807) is 24.3 Å². The Morgan fingerprint density at radius 2 is 1.97 bits per heavy atom. The molecule has 8 nitrogen and oxygen atoms in total. The maximum Gasteiger partial charge on any atom is 0.352 e. The summed E-state index contributed by atoms with van der Waals surface area (Å²) in [6, 6.07) is 12.0. The van der Waals surface area contributed by atoms with Crippen molar-refractivity contribution in [2.24, 2.45) is 0 Å². The van der Waals surface area contributed by atoms with E-state index in [1.165, 1.54) is 25.3 Å². The van der Waals surface area contributed by atoms with E-state index in [-0.39, 0.29) is 18.8 Å². The van der Waals surface area contributed by atoms with Gasteiger partial charge in [0.15, 0.2) is 0 Å². The van der Waals surface area contributed by atoms with Crippen molar-refractivity contribution >= 4 is 17.5 Å². The molecule has 0 unspecified atom stereocenters. The van der Waals surface area contributed by atoms with Gasteiger partial charge in [-0.25, -0.2) is 9.18 Å². The number of hydrogen-bond acceptors (Lipinski definition) is 5. The number of para-hydroxylation sites is 1. The molecule has 0 aliphatic carbocycles. The van der Waals surface area contributed by atoms with Crippen molar-refractivity contribution in [3.05, 3.63) is 91.5 Å². The van der Waals surface area contributed by atoms with Crippen LogP contribution < -0.4 is 16.6 Å². The van der Waals surface area contributed by atoms with Gasteiger partial charge < -0.3 is 10.1 Å². The summed E-state index contributed by atoms with van der Waals surface area (Å²) in [6.45, 7) is 0.488. The fraction of sp³-hybridized carbons (Fsp3) is 0.238. The first kappa shape index (κ1) is 22.4. The SMILES string of the molecule is COCCCNC(=O)c1nn(-c2ccccc2F)c(=O)n(Cc2cccc(Cl)c2)c1=O. The molecule has 31 heavy (non-hydrogen) atoms. The van der Waals surface area contributed by atoms with Crippen LogP contribution in [0, 0.1) is 5.82 Å². The summed E-state index contributed by atoms with van der Waals surface area (Å²) < 4.78 is 20.8. The maximum absolute atomic E-state index is 14.4. The number of nitrogens with zero attached hydrogens (tertiary/aromatic N) is 3. The number of nitrogens with one attached hydrogen (secondary N) is 1. The second-order valence-electron chi connectivity index (χ2n) is 6.62. The average Bonchev–Trinajstić information content (AvgIpc) is 2.75. The lowest BCUT2D eigenvalue weighted by atomic mass is 10.2. The molecule has 0 aliphatic rings. The predicted octanol–water partition coefficient (Wildman–Crippen LogP) is 2.00. The molecule has 3 rings (SSSR count). The van der Waals surface area contributed by atoms with Crippen molar-refractivity contribution < 1.29 is 13.9 Å². The van der Waals surface area contributed by atoms with E-state index >= 15 is 0 Å². The van der Waals surface area contributed by atoms with Crippen LogP contribution in [0.3, 0.4) is 0 Å². The molecule has 1 N–H and O–H groups in total. The van der Waals surface area contributed by atoms with E-state index in [1.807, 2.05) is 0 Å². The first-order valence-electron chi connectivity index (χ1n) is 9.43. The van der Waals surface area contributed by atoms with Gasteiger partial charge in [0.2, 0.25) is 5.69 Å². The summed E-state index contributed by atoms with van der Waals surface area (Å²) in [4.78, 5) is 38.6. The minimum Gasteiger partial charge on any atom is -0.385 e. The number of ether oxygens (including phenoxy) is 1. The van der Waals surface area contributed by atoms with Gasteiger partial charge in [0.25, 0.3) is 11.5 Å². The van der Waals surface area contributed by atoms with E-state index in [2.05, 4.69) is 10.4 Å². The summed E-state index contributed by atoms with van der Waals surface area (Å²) in [5.74, 6) is -1.50. The second-order valence-corrected chi connectivity index (χ2v) is 7.05. The highest BCUT2D eigenvalue weighted by Gasteiger charge is 2.21. The number of rotatable bonds is 8. The summed E-state index contributed by atoms with van der Waals surface area (Å²) >= 11 is 6.00. The molecule has 1 heterocycles. The van der Waals surface area contributed by atoms with Gasteiger partial charge in [-0.3, -0.25) is 14.2 Å². The molecule has 3 aromatic rings. The minimum atomic E-state index is -0.887. The molecule has 1 amide bonds. The third-order valence-corrected chi connectivity index (χ3v) is 4.63. The minimum absolute atomic E-state index is 0.168. The monoisotopic (exact) mass is 446 g/mol. The third kappa shape index (κ3) is 5.25. The van der Waals surface area contributed by atoms with Crippen molar-refractivity contribution in [1.82, 2.24) is 19.7 Å². The molecular formula is C21H20ClFN4O4. The Hall–Kier alpha value is -3.30. The molecule has 162 valence electrons. The van der Waals surface area contributed by atoms with Gasteiger partial charge in [-0.05, 0) is 36.2 Å². The molecule has 1 aromatic heterocycles. The lowest BCUT2D eigenvalue weighted by Crippen LogP contribution is -2.46. The van der Waals surface area contributed by atoms with Gasteiger partial charge in [-0.2, -0.15) is 9.78 Å². The van der Waals surface area contributed by atoms with E-state index in [0.717, 1.165) is 10.6 Å². The number of amides is 1. The molecule has 0 saturated carbocycles. The average molecular weight is 447 g/mol. The van der Waals surface area contributed by atoms with Crippen LogP contribution in [0.5, 0.6) is 0 Å². The summed E-state index contributed by atoms with van der Waals surface area (Å²) in [6.07, 6.45) is 0.520. The standard InChI is InChI=1S/C21H20ClFN4O4/c1-31-11-5-10-24-19(28)18-20(29)26(13-14-6-4-7-15(22)12-14)21(30)27(25-18)17-9-3-2-8-16(17)23/h2-4,6-9,12H,5,10-11,13H2,1H3,(H,24,28). The topological polar surface area (TPSA) is 95.2 Å². The Bertz CT molecular complexity index is 1210. The van der Waals surface area contributed by atoms with Crippen LogP contribution >= 0.6 is 11.6 Å². The first-order chi connectivity index (χ1) is 14.9. The van der Waals surface area contributed by atoms with E-state index in [0.29, 0.717) is 28.3 Å². The van der Waals surface area contributed by atoms with Crippen LogP contribution in [0.25, 0.3) is 5.69 Å². The molecule has 0 bridgehead atoms. The highest BCUT2D eigenvalue weighted by atomic mass is 35.5. The molecule has 0 saturated heterocycles. The summed E-state index contributed by atoms with van der Waals surface area (Å²) in [5, 5.41) is 6.87. The van der Waals surface area contributed by atoms with E-state index < -0.39 is 28.7 Å². The molecule has 0 fully saturated rings. The number of methoxy groups -OCH3 is 1. The third-order valence-electron chi connectivity index (χ3n) is 4.40. The van der Waals surface area contributed by atoms with Gasteiger partial charge in [0.1, 0.15) is 11.5 Å². The Morgan fingerprint density at radius 1 is 1.19 bits per heavy atom. The maximum atomic E-state index is 14.4. The number of hydrogen-bond donors (Lipinski definition) is 1. The van der Waals surface area contributed by atoms with Crippen LogP contribution in [0.1, 0.15) is 22.5 Å². The molecule has 10 heteroatoms. The highest BCUT2D eigenvalue weighted by molar-refractivity contribution is 6.30. The van der Waals surface area contributed by atoms with Gasteiger partial charge in [0, 0.05) is 25.3 Å². The fourth-order valence-corrected chi connectivity index (χ4v) is 3.11. The number of benzene rings is 2. The highest BCUT2D eigenvalue weighted by Crippen LogP contribution is 2.12. The van der Waals surface area contributed by atoms with Crippen molar-refractivity contribution in [2.45, 2.75) is 13.0 Å². The largest absolute Gasteiger partial charge is 0.385 e. The molecular weight excluding hydrogens is 427 g/mol. The van der Waals surface area contributed by atoms with Crippen molar-refractivity contribution in [3.63, 3.8) is 0 Å². The summed E-state index contributed by atoms with van der Waals surface area (Å²) in [5.41, 5.74) is -1.92. The van der Waals surface area contributed by atoms with Crippen LogP contribution in [-0.2, 0) is 11.3 Å². The number of carbonyl (C=O) groups is 1. The Labute approximate surface area is 181 Å². The smallest absolute Gasteiger partial charge is 0.352 e. The Balaban J connectivity index is 2.11. The Kier molecular flexibility index (Phi) is 7.32. The zero-order chi connectivity index (χ0) is 22.4.